The Hall–Kier alpha value is -4.02. The van der Waals surface area contributed by atoms with Crippen LogP contribution in [0.2, 0.25) is 0 Å². The number of ether oxygens (including phenoxy) is 1. The van der Waals surface area contributed by atoms with Gasteiger partial charge in [0.2, 0.25) is 5.91 Å². The molecule has 0 bridgehead atoms. The number of likely N-dealkylation sites (N-methyl/N-ethyl adjacent to an activating group) is 1. The summed E-state index contributed by atoms with van der Waals surface area (Å²) in [6.07, 6.45) is 5.83. The minimum atomic E-state index is -1.06. The normalized spacial score (nSPS) is 16.8. The van der Waals surface area contributed by atoms with Gasteiger partial charge in [0.1, 0.15) is 24.1 Å². The van der Waals surface area contributed by atoms with Crippen LogP contribution in [-0.4, -0.2) is 86.1 Å². The average molecular weight is 557 g/mol. The van der Waals surface area contributed by atoms with Crippen LogP contribution in [0.3, 0.4) is 0 Å². The van der Waals surface area contributed by atoms with Gasteiger partial charge in [-0.15, -0.1) is 0 Å². The molecule has 2 aromatic heterocycles. The van der Waals surface area contributed by atoms with Gasteiger partial charge in [-0.2, -0.15) is 5.10 Å². The fraction of sp³-hybridized carbons (Fsp3) is 0.419. The summed E-state index contributed by atoms with van der Waals surface area (Å²) < 4.78 is 9.15. The molecule has 0 spiro atoms. The number of rotatable bonds is 9. The van der Waals surface area contributed by atoms with Crippen molar-refractivity contribution in [1.82, 2.24) is 29.1 Å². The molecule has 1 saturated carbocycles. The van der Waals surface area contributed by atoms with Crippen molar-refractivity contribution in [1.29, 1.82) is 0 Å². The van der Waals surface area contributed by atoms with E-state index >= 15 is 0 Å². The lowest BCUT2D eigenvalue weighted by Crippen LogP contribution is -2.50. The molecule has 1 N–H and O–H groups in total. The van der Waals surface area contributed by atoms with E-state index < -0.39 is 5.60 Å². The largest absolute Gasteiger partial charge is 0.492 e. The summed E-state index contributed by atoms with van der Waals surface area (Å²) in [6, 6.07) is 15.9. The van der Waals surface area contributed by atoms with Crippen molar-refractivity contribution in [3.8, 4) is 22.6 Å². The number of amides is 1. The highest BCUT2D eigenvalue weighted by Crippen LogP contribution is 2.34. The number of piperidine rings is 1. The quantitative estimate of drug-likeness (QED) is 0.338. The third kappa shape index (κ3) is 5.75. The van der Waals surface area contributed by atoms with Crippen molar-refractivity contribution in [3.05, 3.63) is 71.4 Å². The lowest BCUT2D eigenvalue weighted by Gasteiger charge is -2.38. The van der Waals surface area contributed by atoms with Crippen LogP contribution in [0.15, 0.2) is 65.8 Å². The molecule has 10 heteroatoms. The van der Waals surface area contributed by atoms with Gasteiger partial charge >= 0.3 is 0 Å². The summed E-state index contributed by atoms with van der Waals surface area (Å²) in [6.45, 7) is 2.58. The Balaban J connectivity index is 1.18. The SMILES string of the molecule is CN(C)CCOc1ccccc1-c1ccc(-n2ncc3c(=O)n(CC4(O)CCN(C(=O)C5CC5)CC4)cnc32)cc1. The fourth-order valence-electron chi connectivity index (χ4n) is 5.41. The minimum Gasteiger partial charge on any atom is -0.492 e. The molecule has 0 radical (unpaired) electrons. The number of carbonyl (C=O) groups is 1. The second-order valence-corrected chi connectivity index (χ2v) is 11.5. The molecule has 3 heterocycles. The molecule has 2 aliphatic rings. The number of fused-ring (bicyclic) bond motifs is 1. The van der Waals surface area contributed by atoms with Crippen LogP contribution in [0.5, 0.6) is 5.75 Å². The second-order valence-electron chi connectivity index (χ2n) is 11.5. The van der Waals surface area contributed by atoms with Crippen LogP contribution in [0.1, 0.15) is 25.7 Å². The maximum absolute atomic E-state index is 13.3. The van der Waals surface area contributed by atoms with Gasteiger partial charge in [-0.05, 0) is 63.5 Å². The van der Waals surface area contributed by atoms with E-state index in [1.165, 1.54) is 17.1 Å². The van der Waals surface area contributed by atoms with Crippen LogP contribution in [0.4, 0.5) is 0 Å². The number of aliphatic hydroxyl groups is 1. The van der Waals surface area contributed by atoms with Gasteiger partial charge in [-0.3, -0.25) is 14.2 Å². The predicted molar refractivity (Wildman–Crippen MR) is 156 cm³/mol. The highest BCUT2D eigenvalue weighted by atomic mass is 16.5. The number of hydrogen-bond acceptors (Lipinski definition) is 7. The molecule has 6 rings (SSSR count). The molecule has 1 saturated heterocycles. The lowest BCUT2D eigenvalue weighted by atomic mass is 9.91. The number of para-hydroxylation sites is 1. The van der Waals surface area contributed by atoms with Crippen molar-refractivity contribution in [2.45, 2.75) is 37.8 Å². The summed E-state index contributed by atoms with van der Waals surface area (Å²) in [5, 5.41) is 16.1. The summed E-state index contributed by atoms with van der Waals surface area (Å²) in [7, 11) is 4.04. The molecule has 10 nitrogen and oxygen atoms in total. The Morgan fingerprint density at radius 2 is 1.83 bits per heavy atom. The van der Waals surface area contributed by atoms with Gasteiger partial charge in [0.25, 0.3) is 5.56 Å². The van der Waals surface area contributed by atoms with Crippen LogP contribution in [-0.2, 0) is 11.3 Å². The van der Waals surface area contributed by atoms with E-state index in [1.54, 1.807) is 4.68 Å². The fourth-order valence-corrected chi connectivity index (χ4v) is 5.41. The zero-order valence-corrected chi connectivity index (χ0v) is 23.6. The molecule has 1 aliphatic heterocycles. The number of benzene rings is 2. The Labute approximate surface area is 238 Å². The van der Waals surface area contributed by atoms with Gasteiger partial charge in [0, 0.05) is 31.1 Å². The molecule has 1 aliphatic carbocycles. The first kappa shape index (κ1) is 27.2. The standard InChI is InChI=1S/C31H36N6O4/c1-34(2)17-18-41-27-6-4-3-5-25(27)22-9-11-24(12-10-22)37-28-26(19-33-37)30(39)36(21-32-28)20-31(40)13-15-35(16-14-31)29(38)23-7-8-23/h3-6,9-12,19,21,23,40H,7-8,13-18,20H2,1-2H3. The topological polar surface area (TPSA) is 106 Å². The minimum absolute atomic E-state index is 0.135. The molecule has 4 aromatic rings. The first-order valence-corrected chi connectivity index (χ1v) is 14.2. The molecule has 0 atom stereocenters. The Bertz CT molecular complexity index is 1600. The van der Waals surface area contributed by atoms with Gasteiger partial charge in [0.05, 0.1) is 24.0 Å². The molecule has 1 amide bonds. The Morgan fingerprint density at radius 3 is 2.54 bits per heavy atom. The number of hydrogen-bond donors (Lipinski definition) is 1. The third-order valence-electron chi connectivity index (χ3n) is 8.06. The smallest absolute Gasteiger partial charge is 0.264 e. The van der Waals surface area contributed by atoms with Crippen molar-refractivity contribution in [2.75, 3.05) is 40.3 Å². The third-order valence-corrected chi connectivity index (χ3v) is 8.06. The summed E-state index contributed by atoms with van der Waals surface area (Å²) in [4.78, 5) is 34.2. The maximum atomic E-state index is 13.3. The van der Waals surface area contributed by atoms with Gasteiger partial charge in [-0.25, -0.2) is 9.67 Å². The van der Waals surface area contributed by atoms with E-state index in [2.05, 4.69) is 15.0 Å². The Morgan fingerprint density at radius 1 is 1.10 bits per heavy atom. The summed E-state index contributed by atoms with van der Waals surface area (Å²) >= 11 is 0. The molecular weight excluding hydrogens is 520 g/mol. The highest BCUT2D eigenvalue weighted by Gasteiger charge is 2.39. The number of likely N-dealkylation sites (tertiary alicyclic amines) is 1. The highest BCUT2D eigenvalue weighted by molar-refractivity contribution is 5.81. The van der Waals surface area contributed by atoms with E-state index in [0.717, 1.165) is 42.0 Å². The molecule has 41 heavy (non-hydrogen) atoms. The van der Waals surface area contributed by atoms with Crippen LogP contribution < -0.4 is 10.3 Å². The zero-order valence-electron chi connectivity index (χ0n) is 23.6. The van der Waals surface area contributed by atoms with E-state index in [4.69, 9.17) is 4.74 Å². The number of nitrogens with zero attached hydrogens (tertiary/aromatic N) is 6. The van der Waals surface area contributed by atoms with Crippen LogP contribution in [0, 0.1) is 5.92 Å². The first-order chi connectivity index (χ1) is 19.8. The first-order valence-electron chi connectivity index (χ1n) is 14.2. The molecule has 0 unspecified atom stereocenters. The second kappa shape index (κ2) is 11.1. The number of aromatic nitrogens is 4. The van der Waals surface area contributed by atoms with E-state index in [-0.39, 0.29) is 23.9 Å². The van der Waals surface area contributed by atoms with E-state index in [0.29, 0.717) is 43.6 Å². The molecule has 214 valence electrons. The molecular formula is C31H36N6O4. The molecule has 2 fully saturated rings. The van der Waals surface area contributed by atoms with Crippen LogP contribution >= 0.6 is 0 Å². The monoisotopic (exact) mass is 556 g/mol. The maximum Gasteiger partial charge on any atom is 0.264 e. The zero-order chi connectivity index (χ0) is 28.6. The van der Waals surface area contributed by atoms with Crippen molar-refractivity contribution < 1.29 is 14.6 Å². The summed E-state index contributed by atoms with van der Waals surface area (Å²) in [5.74, 6) is 1.20. The Kier molecular flexibility index (Phi) is 7.35. The van der Waals surface area contributed by atoms with Crippen LogP contribution in [0.25, 0.3) is 27.8 Å². The summed E-state index contributed by atoms with van der Waals surface area (Å²) in [5.41, 5.74) is 1.96. The van der Waals surface area contributed by atoms with E-state index in [9.17, 15) is 14.7 Å². The van der Waals surface area contributed by atoms with Gasteiger partial charge in [-0.1, -0.05) is 30.3 Å². The van der Waals surface area contributed by atoms with Crippen molar-refractivity contribution >= 4 is 16.9 Å². The predicted octanol–water partition coefficient (Wildman–Crippen LogP) is 2.95. The van der Waals surface area contributed by atoms with Gasteiger partial charge in [0.15, 0.2) is 5.65 Å². The molecule has 2 aromatic carbocycles. The number of carbonyl (C=O) groups excluding carboxylic acids is 1. The van der Waals surface area contributed by atoms with E-state index in [1.807, 2.05) is 67.5 Å². The van der Waals surface area contributed by atoms with Crippen molar-refractivity contribution in [3.63, 3.8) is 0 Å². The average Bonchev–Trinajstić information content (AvgIpc) is 3.73. The lowest BCUT2D eigenvalue weighted by molar-refractivity contribution is -0.137. The van der Waals surface area contributed by atoms with Gasteiger partial charge < -0.3 is 19.6 Å². The van der Waals surface area contributed by atoms with Crippen molar-refractivity contribution in [2.24, 2.45) is 5.92 Å².